The van der Waals surface area contributed by atoms with E-state index in [1.54, 1.807) is 6.07 Å². The Morgan fingerprint density at radius 2 is 2.36 bits per heavy atom. The molecule has 1 aromatic heterocycles. The minimum Gasteiger partial charge on any atom is -0.478 e. The fraction of sp³-hybridized carbons (Fsp3) is 0.556. The molecule has 0 atom stereocenters. The molecule has 1 aromatic rings. The monoisotopic (exact) mass is 196 g/mol. The molecule has 1 rings (SSSR count). The highest BCUT2D eigenvalue weighted by atomic mass is 16.5. The van der Waals surface area contributed by atoms with E-state index in [-0.39, 0.29) is 0 Å². The van der Waals surface area contributed by atoms with Gasteiger partial charge in [-0.15, -0.1) is 0 Å². The van der Waals surface area contributed by atoms with Crippen LogP contribution in [-0.2, 0) is 0 Å². The van der Waals surface area contributed by atoms with E-state index in [9.17, 15) is 0 Å². The average Bonchev–Trinajstić information content (AvgIpc) is 2.24. The highest BCUT2D eigenvalue weighted by Crippen LogP contribution is 2.10. The van der Waals surface area contributed by atoms with E-state index in [1.165, 1.54) is 6.33 Å². The van der Waals surface area contributed by atoms with Crippen LogP contribution in [-0.4, -0.2) is 29.7 Å². The van der Waals surface area contributed by atoms with Crippen molar-refractivity contribution in [3.63, 3.8) is 0 Å². The van der Waals surface area contributed by atoms with Crippen LogP contribution < -0.4 is 15.8 Å². The number of hydrogen-bond acceptors (Lipinski definition) is 5. The Morgan fingerprint density at radius 3 is 3.07 bits per heavy atom. The molecule has 0 spiro atoms. The minimum atomic E-state index is 0.579. The lowest BCUT2D eigenvalue weighted by molar-refractivity contribution is 0.305. The Morgan fingerprint density at radius 1 is 1.50 bits per heavy atom. The van der Waals surface area contributed by atoms with E-state index in [1.807, 2.05) is 0 Å². The summed E-state index contributed by atoms with van der Waals surface area (Å²) < 4.78 is 5.35. The average molecular weight is 196 g/mol. The lowest BCUT2D eigenvalue weighted by Gasteiger charge is -2.06. The number of nitrogens with zero attached hydrogens (tertiary/aromatic N) is 2. The largest absolute Gasteiger partial charge is 0.478 e. The van der Waals surface area contributed by atoms with Crippen molar-refractivity contribution in [3.05, 3.63) is 12.4 Å². The van der Waals surface area contributed by atoms with E-state index in [4.69, 9.17) is 10.5 Å². The molecule has 14 heavy (non-hydrogen) atoms. The second-order valence-electron chi connectivity index (χ2n) is 2.81. The molecule has 0 radical (unpaired) electrons. The topological polar surface area (TPSA) is 73.1 Å². The zero-order valence-electron chi connectivity index (χ0n) is 8.36. The highest BCUT2D eigenvalue weighted by molar-refractivity contribution is 5.36. The van der Waals surface area contributed by atoms with E-state index >= 15 is 0 Å². The van der Waals surface area contributed by atoms with Gasteiger partial charge in [-0.3, -0.25) is 0 Å². The molecule has 78 valence electrons. The van der Waals surface area contributed by atoms with Gasteiger partial charge < -0.3 is 15.8 Å². The van der Waals surface area contributed by atoms with Gasteiger partial charge >= 0.3 is 0 Å². The van der Waals surface area contributed by atoms with Crippen molar-refractivity contribution in [3.8, 4) is 5.88 Å². The first-order chi connectivity index (χ1) is 6.86. The second kappa shape index (κ2) is 6.15. The molecule has 0 saturated heterocycles. The molecule has 0 aromatic carbocycles. The molecule has 0 aliphatic carbocycles. The Labute approximate surface area is 83.7 Å². The number of hydrogen-bond donors (Lipinski definition) is 2. The van der Waals surface area contributed by atoms with Crippen molar-refractivity contribution in [2.24, 2.45) is 5.73 Å². The fourth-order valence-electron chi connectivity index (χ4n) is 0.922. The lowest BCUT2D eigenvalue weighted by atomic mass is 10.5. The van der Waals surface area contributed by atoms with Gasteiger partial charge in [-0.1, -0.05) is 6.92 Å². The third-order valence-electron chi connectivity index (χ3n) is 1.55. The molecule has 5 heteroatoms. The zero-order valence-corrected chi connectivity index (χ0v) is 8.36. The van der Waals surface area contributed by atoms with Crippen molar-refractivity contribution in [1.82, 2.24) is 9.97 Å². The van der Waals surface area contributed by atoms with Gasteiger partial charge in [-0.05, 0) is 6.42 Å². The van der Waals surface area contributed by atoms with E-state index in [2.05, 4.69) is 22.2 Å². The molecule has 0 unspecified atom stereocenters. The van der Waals surface area contributed by atoms with Crippen molar-refractivity contribution < 1.29 is 4.74 Å². The van der Waals surface area contributed by atoms with Crippen LogP contribution in [0.3, 0.4) is 0 Å². The fourth-order valence-corrected chi connectivity index (χ4v) is 0.922. The predicted octanol–water partition coefficient (Wildman–Crippen LogP) is 0.636. The minimum absolute atomic E-state index is 0.579. The smallest absolute Gasteiger partial charge is 0.218 e. The van der Waals surface area contributed by atoms with Gasteiger partial charge in [0, 0.05) is 19.2 Å². The number of nitrogens with two attached hydrogens (primary N) is 1. The summed E-state index contributed by atoms with van der Waals surface area (Å²) in [5, 5.41) is 3.06. The normalized spacial score (nSPS) is 9.86. The molecule has 0 aliphatic rings. The first-order valence-electron chi connectivity index (χ1n) is 4.75. The summed E-state index contributed by atoms with van der Waals surface area (Å²) >= 11 is 0. The first-order valence-corrected chi connectivity index (χ1v) is 4.75. The third-order valence-corrected chi connectivity index (χ3v) is 1.55. The molecule has 5 nitrogen and oxygen atoms in total. The molecule has 0 fully saturated rings. The molecule has 3 N–H and O–H groups in total. The molecule has 0 amide bonds. The van der Waals surface area contributed by atoms with Gasteiger partial charge in [0.25, 0.3) is 0 Å². The number of ether oxygens (including phenoxy) is 1. The van der Waals surface area contributed by atoms with Gasteiger partial charge in [0.1, 0.15) is 12.1 Å². The number of aromatic nitrogens is 2. The van der Waals surface area contributed by atoms with Crippen molar-refractivity contribution >= 4 is 5.82 Å². The summed E-state index contributed by atoms with van der Waals surface area (Å²) in [5.41, 5.74) is 5.36. The molecule has 1 heterocycles. The van der Waals surface area contributed by atoms with Crippen molar-refractivity contribution in [2.75, 3.05) is 25.0 Å². The molecule has 0 bridgehead atoms. The summed E-state index contributed by atoms with van der Waals surface area (Å²) in [5.74, 6) is 1.35. The first kappa shape index (κ1) is 10.7. The predicted molar refractivity (Wildman–Crippen MR) is 55.4 cm³/mol. The van der Waals surface area contributed by atoms with E-state index < -0.39 is 0 Å². The van der Waals surface area contributed by atoms with E-state index in [0.29, 0.717) is 25.6 Å². The standard InChI is InChI=1S/C9H16N4O/c1-2-5-14-9-6-8(11-4-3-10)12-7-13-9/h6-7H,2-5,10H2,1H3,(H,11,12,13). The number of nitrogens with one attached hydrogen (secondary N) is 1. The molecule has 0 saturated carbocycles. The van der Waals surface area contributed by atoms with Crippen LogP contribution in [0, 0.1) is 0 Å². The van der Waals surface area contributed by atoms with Gasteiger partial charge in [0.05, 0.1) is 6.61 Å². The number of anilines is 1. The van der Waals surface area contributed by atoms with Crippen LogP contribution in [0.5, 0.6) is 5.88 Å². The molecular weight excluding hydrogens is 180 g/mol. The van der Waals surface area contributed by atoms with Gasteiger partial charge in [-0.2, -0.15) is 0 Å². The lowest BCUT2D eigenvalue weighted by Crippen LogP contribution is -2.14. The van der Waals surface area contributed by atoms with E-state index in [0.717, 1.165) is 12.2 Å². The summed E-state index contributed by atoms with van der Waals surface area (Å²) in [6.45, 7) is 4.00. The van der Waals surface area contributed by atoms with Crippen LogP contribution in [0.2, 0.25) is 0 Å². The van der Waals surface area contributed by atoms with Crippen molar-refractivity contribution in [2.45, 2.75) is 13.3 Å². The van der Waals surface area contributed by atoms with Crippen LogP contribution in [0.25, 0.3) is 0 Å². The van der Waals surface area contributed by atoms with Gasteiger partial charge in [0.2, 0.25) is 5.88 Å². The Balaban J connectivity index is 2.50. The number of rotatable bonds is 6. The maximum Gasteiger partial charge on any atom is 0.218 e. The second-order valence-corrected chi connectivity index (χ2v) is 2.81. The zero-order chi connectivity index (χ0) is 10.2. The van der Waals surface area contributed by atoms with Crippen LogP contribution in [0.15, 0.2) is 12.4 Å². The summed E-state index contributed by atoms with van der Waals surface area (Å²) in [4.78, 5) is 8.01. The van der Waals surface area contributed by atoms with Gasteiger partial charge in [-0.25, -0.2) is 9.97 Å². The van der Waals surface area contributed by atoms with Gasteiger partial charge in [0.15, 0.2) is 0 Å². The summed E-state index contributed by atoms with van der Waals surface area (Å²) in [6, 6.07) is 1.77. The van der Waals surface area contributed by atoms with Crippen LogP contribution in [0.1, 0.15) is 13.3 Å². The molecule has 0 aliphatic heterocycles. The quantitative estimate of drug-likeness (QED) is 0.698. The third kappa shape index (κ3) is 3.57. The summed E-state index contributed by atoms with van der Waals surface area (Å²) in [6.07, 6.45) is 2.44. The maximum absolute atomic E-state index is 5.36. The Bertz CT molecular complexity index is 243. The van der Waals surface area contributed by atoms with Crippen LogP contribution in [0.4, 0.5) is 5.82 Å². The Hall–Kier alpha value is -1.36. The summed E-state index contributed by atoms with van der Waals surface area (Å²) in [7, 11) is 0. The highest BCUT2D eigenvalue weighted by Gasteiger charge is 1.97. The Kier molecular flexibility index (Phi) is 4.71. The van der Waals surface area contributed by atoms with Crippen molar-refractivity contribution in [1.29, 1.82) is 0 Å². The maximum atomic E-state index is 5.36. The van der Waals surface area contributed by atoms with Crippen LogP contribution >= 0.6 is 0 Å². The SMILES string of the molecule is CCCOc1cc(NCCN)ncn1. The molecular formula is C9H16N4O.